The highest BCUT2D eigenvalue weighted by atomic mass is 31.2. The van der Waals surface area contributed by atoms with Gasteiger partial charge in [0.1, 0.15) is 11.9 Å². The molecule has 2 fully saturated rings. The SMILES string of the molecule is CC(=O)Nc1ccc(O)cc1.CC(C)Cc1ccc(C(C)C(=O)O)cc1.COc1ccc2c3c1O[C@H]1[C@@H](O)CC[C@H]4[C@@H](C2)N(C)CC[C@@]341.O=P(O)(O)O. The largest absolute Gasteiger partial charge is 0.508 e. The molecule has 7 N–H and O–H groups in total. The van der Waals surface area contributed by atoms with E-state index in [9.17, 15) is 14.7 Å². The number of carbonyl (C=O) groups excluding carboxylic acids is 1. The molecule has 4 aliphatic rings. The highest BCUT2D eigenvalue weighted by Gasteiger charge is 2.65. The van der Waals surface area contributed by atoms with Crippen molar-refractivity contribution >= 4 is 25.4 Å². The van der Waals surface area contributed by atoms with Gasteiger partial charge in [0.25, 0.3) is 0 Å². The number of methoxy groups -OCH3 is 1. The standard InChI is InChI=1S/C18H23NO3.C13H18O2.C8H9NO2.H3O4P/c1-19-8-7-18-11-4-5-13(20)17(18)22-16-14(21-2)6-3-10(15(16)18)9-12(11)19;1-9(2)8-11-4-6-12(7-5-11)10(3)13(14)15;1-6(10)9-7-2-4-8(11)5-3-7;1-5(2,3)4/h3,6,11-13,17,20H,4-5,7-9H2,1-2H3;4-7,9-10H,8H2,1-3H3,(H,14,15);2-5,11H,1H3,(H,9,10);(H3,1,2,3,4)/t11-,12+,13-,17-,18-;;;/m0.../s1. The van der Waals surface area contributed by atoms with E-state index in [-0.39, 0.29) is 29.3 Å². The average molecular weight is 757 g/mol. The Morgan fingerprint density at radius 3 is 2.19 bits per heavy atom. The summed E-state index contributed by atoms with van der Waals surface area (Å²) in [4.78, 5) is 45.4. The van der Waals surface area contributed by atoms with Crippen LogP contribution in [0.15, 0.2) is 60.7 Å². The minimum Gasteiger partial charge on any atom is -0.508 e. The number of phenols is 1. The molecule has 2 bridgehead atoms. The van der Waals surface area contributed by atoms with Gasteiger partial charge < -0.3 is 49.7 Å². The lowest BCUT2D eigenvalue weighted by molar-refractivity contribution is -0.138. The van der Waals surface area contributed by atoms with Crippen LogP contribution in [-0.4, -0.2) is 85.7 Å². The highest BCUT2D eigenvalue weighted by Crippen LogP contribution is 2.63. The van der Waals surface area contributed by atoms with Gasteiger partial charge in [0, 0.05) is 29.6 Å². The number of rotatable bonds is 6. The Kier molecular flexibility index (Phi) is 13.8. The molecule has 2 heterocycles. The first-order chi connectivity index (χ1) is 24.8. The van der Waals surface area contributed by atoms with E-state index in [4.69, 9.17) is 38.9 Å². The van der Waals surface area contributed by atoms with Crippen LogP contribution in [0.3, 0.4) is 0 Å². The van der Waals surface area contributed by atoms with Crippen molar-refractivity contribution in [3.05, 3.63) is 82.9 Å². The van der Waals surface area contributed by atoms with Crippen LogP contribution >= 0.6 is 7.82 Å². The van der Waals surface area contributed by atoms with Crippen LogP contribution in [0.4, 0.5) is 5.69 Å². The first-order valence-corrected chi connectivity index (χ1v) is 19.3. The number of ether oxygens (including phenoxy) is 2. The number of piperidine rings is 1. The lowest BCUT2D eigenvalue weighted by atomic mass is 9.51. The summed E-state index contributed by atoms with van der Waals surface area (Å²) in [7, 11) is -0.682. The summed E-state index contributed by atoms with van der Waals surface area (Å²) in [5.41, 5.74) is 5.61. The van der Waals surface area contributed by atoms with Gasteiger partial charge in [-0.1, -0.05) is 44.2 Å². The zero-order chi connectivity index (χ0) is 39.2. The van der Waals surface area contributed by atoms with Crippen molar-refractivity contribution in [1.82, 2.24) is 4.90 Å². The van der Waals surface area contributed by atoms with E-state index >= 15 is 0 Å². The third-order valence-electron chi connectivity index (χ3n) is 10.4. The second-order valence-corrected chi connectivity index (χ2v) is 15.6. The molecule has 0 aromatic heterocycles. The number of carboxylic acids is 1. The van der Waals surface area contributed by atoms with E-state index in [1.807, 2.05) is 30.3 Å². The molecular formula is C39H53N2O11P. The molecule has 1 saturated carbocycles. The summed E-state index contributed by atoms with van der Waals surface area (Å²) in [6.45, 7) is 8.58. The normalized spacial score (nSPS) is 24.0. The number of phosphoric acid groups is 1. The van der Waals surface area contributed by atoms with Crippen LogP contribution in [0.5, 0.6) is 17.2 Å². The summed E-state index contributed by atoms with van der Waals surface area (Å²) < 4.78 is 20.8. The first-order valence-electron chi connectivity index (χ1n) is 17.8. The van der Waals surface area contributed by atoms with Crippen molar-refractivity contribution in [2.24, 2.45) is 11.8 Å². The summed E-state index contributed by atoms with van der Waals surface area (Å²) in [5, 5.41) is 31.0. The lowest BCUT2D eigenvalue weighted by Crippen LogP contribution is -2.66. The first kappa shape index (κ1) is 41.8. The van der Waals surface area contributed by atoms with Gasteiger partial charge in [-0.05, 0) is 111 Å². The van der Waals surface area contributed by atoms with E-state index in [0.29, 0.717) is 23.6 Å². The molecule has 290 valence electrons. The van der Waals surface area contributed by atoms with Crippen molar-refractivity contribution in [1.29, 1.82) is 0 Å². The Hall–Kier alpha value is -3.97. The van der Waals surface area contributed by atoms with Crippen molar-refractivity contribution in [2.45, 2.75) is 89.4 Å². The van der Waals surface area contributed by atoms with Gasteiger partial charge >= 0.3 is 13.8 Å². The van der Waals surface area contributed by atoms with Gasteiger partial charge in [-0.3, -0.25) is 9.59 Å². The van der Waals surface area contributed by atoms with Crippen LogP contribution in [0, 0.1) is 11.8 Å². The summed E-state index contributed by atoms with van der Waals surface area (Å²) >= 11 is 0. The summed E-state index contributed by atoms with van der Waals surface area (Å²) in [6, 6.07) is 19.0. The fourth-order valence-electron chi connectivity index (χ4n) is 8.16. The van der Waals surface area contributed by atoms with Crippen molar-refractivity contribution in [3.63, 3.8) is 0 Å². The topological polar surface area (TPSA) is 206 Å². The van der Waals surface area contributed by atoms with Gasteiger partial charge in [0.15, 0.2) is 11.5 Å². The van der Waals surface area contributed by atoms with E-state index < -0.39 is 19.7 Å². The lowest BCUT2D eigenvalue weighted by Gasteiger charge is -2.58. The van der Waals surface area contributed by atoms with E-state index in [1.165, 1.54) is 35.7 Å². The van der Waals surface area contributed by atoms with Crippen molar-refractivity contribution < 1.29 is 53.6 Å². The number of anilines is 1. The number of aliphatic carboxylic acids is 1. The molecule has 7 rings (SSSR count). The molecule has 1 unspecified atom stereocenters. The summed E-state index contributed by atoms with van der Waals surface area (Å²) in [5.74, 6) is 1.86. The molecule has 0 radical (unpaired) electrons. The number of carboxylic acid groups (broad SMARTS) is 1. The Morgan fingerprint density at radius 2 is 1.64 bits per heavy atom. The van der Waals surface area contributed by atoms with Crippen LogP contribution in [-0.2, 0) is 32.4 Å². The number of benzene rings is 3. The van der Waals surface area contributed by atoms with Crippen molar-refractivity contribution in [2.75, 3.05) is 26.0 Å². The zero-order valence-corrected chi connectivity index (χ0v) is 32.0. The quantitative estimate of drug-likeness (QED) is 0.128. The van der Waals surface area contributed by atoms with Gasteiger partial charge in [-0.2, -0.15) is 0 Å². The molecule has 1 amide bonds. The average Bonchev–Trinajstić information content (AvgIpc) is 3.44. The Balaban J connectivity index is 0.000000177. The molecule has 6 atom stereocenters. The predicted molar refractivity (Wildman–Crippen MR) is 200 cm³/mol. The third kappa shape index (κ3) is 10.2. The Morgan fingerprint density at radius 1 is 1.02 bits per heavy atom. The second-order valence-electron chi connectivity index (χ2n) is 14.6. The molecular weight excluding hydrogens is 703 g/mol. The number of phenolic OH excluding ortho intramolecular Hbond substituents is 1. The number of aliphatic hydroxyl groups is 1. The molecule has 1 spiro atoms. The minimum atomic E-state index is -4.64. The maximum Gasteiger partial charge on any atom is 0.466 e. The number of hydrogen-bond donors (Lipinski definition) is 7. The number of likely N-dealkylation sites (tertiary alicyclic amines) is 1. The molecule has 3 aromatic carbocycles. The Labute approximate surface area is 310 Å². The van der Waals surface area contributed by atoms with Crippen LogP contribution in [0.1, 0.15) is 75.1 Å². The molecule has 2 aliphatic carbocycles. The van der Waals surface area contributed by atoms with E-state index in [2.05, 4.69) is 37.2 Å². The molecule has 1 saturated heterocycles. The third-order valence-corrected chi connectivity index (χ3v) is 10.4. The predicted octanol–water partition coefficient (Wildman–Crippen LogP) is 5.22. The second kappa shape index (κ2) is 17.4. The fourth-order valence-corrected chi connectivity index (χ4v) is 8.16. The number of aliphatic hydroxyl groups excluding tert-OH is 1. The summed E-state index contributed by atoms with van der Waals surface area (Å²) in [6.07, 6.45) is 4.73. The van der Waals surface area contributed by atoms with Crippen LogP contribution in [0.25, 0.3) is 0 Å². The number of amides is 1. The molecule has 13 nitrogen and oxygen atoms in total. The molecule has 14 heteroatoms. The number of carbonyl (C=O) groups is 2. The molecule has 3 aromatic rings. The minimum absolute atomic E-state index is 0.00625. The number of nitrogens with one attached hydrogen (secondary N) is 1. The van der Waals surface area contributed by atoms with Gasteiger partial charge in [0.05, 0.1) is 19.1 Å². The van der Waals surface area contributed by atoms with Crippen LogP contribution < -0.4 is 14.8 Å². The highest BCUT2D eigenvalue weighted by molar-refractivity contribution is 7.45. The Bertz CT molecular complexity index is 1750. The van der Waals surface area contributed by atoms with Gasteiger partial charge in [-0.15, -0.1) is 0 Å². The monoisotopic (exact) mass is 756 g/mol. The zero-order valence-electron chi connectivity index (χ0n) is 31.1. The van der Waals surface area contributed by atoms with Crippen molar-refractivity contribution in [3.8, 4) is 17.2 Å². The van der Waals surface area contributed by atoms with E-state index in [0.717, 1.165) is 55.7 Å². The van der Waals surface area contributed by atoms with Gasteiger partial charge in [-0.25, -0.2) is 4.57 Å². The molecule has 2 aliphatic heterocycles. The van der Waals surface area contributed by atoms with Crippen LogP contribution in [0.2, 0.25) is 0 Å². The number of nitrogens with zero attached hydrogens (tertiary/aromatic N) is 1. The maximum atomic E-state index is 10.8. The maximum absolute atomic E-state index is 10.8. The molecule has 53 heavy (non-hydrogen) atoms. The number of hydrogen-bond acceptors (Lipinski definition) is 8. The fraction of sp³-hybridized carbons (Fsp3) is 0.487. The number of likely N-dealkylation sites (N-methyl/N-ethyl adjacent to an activating group) is 1. The van der Waals surface area contributed by atoms with E-state index in [1.54, 1.807) is 26.2 Å². The van der Waals surface area contributed by atoms with Gasteiger partial charge in [0.2, 0.25) is 5.91 Å². The smallest absolute Gasteiger partial charge is 0.466 e. The number of aromatic hydroxyl groups is 1.